The zero-order valence-electron chi connectivity index (χ0n) is 13.1. The number of ether oxygens (including phenoxy) is 1. The van der Waals surface area contributed by atoms with Crippen molar-refractivity contribution in [1.29, 1.82) is 0 Å². The van der Waals surface area contributed by atoms with E-state index in [1.807, 2.05) is 7.05 Å². The fraction of sp³-hybridized carbons (Fsp3) is 0.533. The number of hydrogen-bond acceptors (Lipinski definition) is 5. The summed E-state index contributed by atoms with van der Waals surface area (Å²) in [4.78, 5) is 16.6. The van der Waals surface area contributed by atoms with Crippen LogP contribution in [0.25, 0.3) is 5.65 Å². The van der Waals surface area contributed by atoms with Crippen molar-refractivity contribution in [3.05, 3.63) is 30.2 Å². The Labute approximate surface area is 129 Å². The molecule has 22 heavy (non-hydrogen) atoms. The number of carbonyl (C=O) groups is 1. The first-order chi connectivity index (χ1) is 10.6. The molecule has 0 unspecified atom stereocenters. The van der Waals surface area contributed by atoms with Crippen molar-refractivity contribution in [3.8, 4) is 0 Å². The molecule has 0 aromatic carbocycles. The fourth-order valence-electron chi connectivity index (χ4n) is 2.99. The number of amides is 1. The molecule has 2 aromatic rings. The molecule has 2 atom stereocenters. The topological polar surface area (TPSA) is 63.0 Å². The maximum absolute atomic E-state index is 12.6. The van der Waals surface area contributed by atoms with Crippen LogP contribution in [0.1, 0.15) is 16.8 Å². The summed E-state index contributed by atoms with van der Waals surface area (Å²) in [5, 5.41) is 7.77. The SMILES string of the molecule is CO[C@H]1C[C@@H](CN(C)C(=O)c2ccc3nncn3c2)N(C)C1. The molecule has 7 nitrogen and oxygen atoms in total. The number of likely N-dealkylation sites (N-methyl/N-ethyl adjacent to an activating group) is 2. The Morgan fingerprint density at radius 1 is 1.50 bits per heavy atom. The van der Waals surface area contributed by atoms with Crippen LogP contribution in [0.2, 0.25) is 0 Å². The van der Waals surface area contributed by atoms with Gasteiger partial charge in [-0.3, -0.25) is 14.1 Å². The van der Waals surface area contributed by atoms with E-state index in [9.17, 15) is 4.79 Å². The lowest BCUT2D eigenvalue weighted by Gasteiger charge is -2.25. The number of methoxy groups -OCH3 is 1. The Bertz CT molecular complexity index is 671. The predicted molar refractivity (Wildman–Crippen MR) is 81.8 cm³/mol. The Kier molecular flexibility index (Phi) is 4.08. The minimum absolute atomic E-state index is 0.00451. The van der Waals surface area contributed by atoms with Gasteiger partial charge < -0.3 is 9.64 Å². The lowest BCUT2D eigenvalue weighted by molar-refractivity contribution is 0.0759. The molecule has 3 heterocycles. The summed E-state index contributed by atoms with van der Waals surface area (Å²) in [5.41, 5.74) is 1.37. The van der Waals surface area contributed by atoms with Crippen LogP contribution in [0.15, 0.2) is 24.7 Å². The van der Waals surface area contributed by atoms with E-state index in [0.717, 1.165) is 18.6 Å². The molecule has 1 saturated heterocycles. The van der Waals surface area contributed by atoms with E-state index < -0.39 is 0 Å². The van der Waals surface area contributed by atoms with E-state index in [-0.39, 0.29) is 12.0 Å². The molecule has 1 aliphatic heterocycles. The van der Waals surface area contributed by atoms with Crippen LogP contribution in [0.3, 0.4) is 0 Å². The zero-order valence-corrected chi connectivity index (χ0v) is 13.1. The van der Waals surface area contributed by atoms with Crippen LogP contribution in [-0.2, 0) is 4.74 Å². The molecule has 0 radical (unpaired) electrons. The number of fused-ring (bicyclic) bond motifs is 1. The molecule has 0 N–H and O–H groups in total. The number of rotatable bonds is 4. The van der Waals surface area contributed by atoms with Gasteiger partial charge in [0.05, 0.1) is 11.7 Å². The van der Waals surface area contributed by atoms with Gasteiger partial charge in [-0.2, -0.15) is 0 Å². The van der Waals surface area contributed by atoms with Gasteiger partial charge in [-0.1, -0.05) is 0 Å². The Balaban J connectivity index is 1.68. The predicted octanol–water partition coefficient (Wildman–Crippen LogP) is 0.520. The highest BCUT2D eigenvalue weighted by molar-refractivity contribution is 5.94. The van der Waals surface area contributed by atoms with Crippen LogP contribution in [-0.4, -0.2) is 76.7 Å². The molecule has 0 aliphatic carbocycles. The average molecular weight is 303 g/mol. The maximum atomic E-state index is 12.6. The van der Waals surface area contributed by atoms with Crippen LogP contribution in [0, 0.1) is 0 Å². The normalized spacial score (nSPS) is 22.3. The van der Waals surface area contributed by atoms with Crippen LogP contribution < -0.4 is 0 Å². The minimum Gasteiger partial charge on any atom is -0.380 e. The van der Waals surface area contributed by atoms with Gasteiger partial charge in [0, 0.05) is 39.5 Å². The standard InChI is InChI=1S/C15H21N5O2/c1-18-9-13(22-3)6-12(18)8-19(2)15(21)11-4-5-14-17-16-10-20(14)7-11/h4-5,7,10,12-13H,6,8-9H2,1-3H3/t12-,13-/m0/s1. The molecule has 1 amide bonds. The van der Waals surface area contributed by atoms with Crippen molar-refractivity contribution in [1.82, 2.24) is 24.4 Å². The molecule has 2 aromatic heterocycles. The van der Waals surface area contributed by atoms with E-state index >= 15 is 0 Å². The van der Waals surface area contributed by atoms with Gasteiger partial charge in [-0.05, 0) is 25.6 Å². The number of nitrogens with zero attached hydrogens (tertiary/aromatic N) is 5. The van der Waals surface area contributed by atoms with Crippen LogP contribution in [0.4, 0.5) is 0 Å². The van der Waals surface area contributed by atoms with Gasteiger partial charge in [0.2, 0.25) is 0 Å². The van der Waals surface area contributed by atoms with Gasteiger partial charge in [-0.25, -0.2) is 0 Å². The highest BCUT2D eigenvalue weighted by Crippen LogP contribution is 2.19. The van der Waals surface area contributed by atoms with Gasteiger partial charge in [0.25, 0.3) is 5.91 Å². The summed E-state index contributed by atoms with van der Waals surface area (Å²) in [6, 6.07) is 3.92. The van der Waals surface area contributed by atoms with Crippen molar-refractivity contribution in [2.45, 2.75) is 18.6 Å². The third-order valence-electron chi connectivity index (χ3n) is 4.35. The quantitative estimate of drug-likeness (QED) is 0.824. The molecule has 0 saturated carbocycles. The first-order valence-corrected chi connectivity index (χ1v) is 7.36. The first-order valence-electron chi connectivity index (χ1n) is 7.36. The van der Waals surface area contributed by atoms with Crippen molar-refractivity contribution >= 4 is 11.6 Å². The molecule has 1 fully saturated rings. The summed E-state index contributed by atoms with van der Waals surface area (Å²) in [7, 11) is 5.65. The van der Waals surface area contributed by atoms with Gasteiger partial charge >= 0.3 is 0 Å². The summed E-state index contributed by atoms with van der Waals surface area (Å²) >= 11 is 0. The highest BCUT2D eigenvalue weighted by atomic mass is 16.5. The van der Waals surface area contributed by atoms with Gasteiger partial charge in [0.15, 0.2) is 5.65 Å². The number of likely N-dealkylation sites (tertiary alicyclic amines) is 1. The molecule has 118 valence electrons. The van der Waals surface area contributed by atoms with E-state index in [1.54, 1.807) is 41.1 Å². The van der Waals surface area contributed by atoms with Crippen molar-refractivity contribution < 1.29 is 9.53 Å². The number of pyridine rings is 1. The summed E-state index contributed by atoms with van der Waals surface area (Å²) < 4.78 is 7.17. The second-order valence-corrected chi connectivity index (χ2v) is 5.89. The third kappa shape index (κ3) is 2.82. The minimum atomic E-state index is 0.00451. The highest BCUT2D eigenvalue weighted by Gasteiger charge is 2.31. The number of hydrogen-bond donors (Lipinski definition) is 0. The Morgan fingerprint density at radius 3 is 3.05 bits per heavy atom. The fourth-order valence-corrected chi connectivity index (χ4v) is 2.99. The van der Waals surface area contributed by atoms with Crippen LogP contribution in [0.5, 0.6) is 0 Å². The summed E-state index contributed by atoms with van der Waals surface area (Å²) in [6.07, 6.45) is 4.58. The zero-order chi connectivity index (χ0) is 15.7. The van der Waals surface area contributed by atoms with Gasteiger partial charge in [0.1, 0.15) is 6.33 Å². The lowest BCUT2D eigenvalue weighted by atomic mass is 10.1. The molecule has 7 heteroatoms. The lowest BCUT2D eigenvalue weighted by Crippen LogP contribution is -2.39. The average Bonchev–Trinajstić information content (AvgIpc) is 3.12. The number of aromatic nitrogens is 3. The summed E-state index contributed by atoms with van der Waals surface area (Å²) in [5.74, 6) is 0.00451. The van der Waals surface area contributed by atoms with E-state index in [4.69, 9.17) is 4.74 Å². The smallest absolute Gasteiger partial charge is 0.255 e. The van der Waals surface area contributed by atoms with Gasteiger partial charge in [-0.15, -0.1) is 10.2 Å². The summed E-state index contributed by atoms with van der Waals surface area (Å²) in [6.45, 7) is 1.60. The monoisotopic (exact) mass is 303 g/mol. The maximum Gasteiger partial charge on any atom is 0.255 e. The van der Waals surface area contributed by atoms with E-state index in [1.165, 1.54) is 0 Å². The van der Waals surface area contributed by atoms with Crippen molar-refractivity contribution in [2.24, 2.45) is 0 Å². The molecular weight excluding hydrogens is 282 g/mol. The molecule has 0 bridgehead atoms. The van der Waals surface area contributed by atoms with Crippen molar-refractivity contribution in [2.75, 3.05) is 34.3 Å². The van der Waals surface area contributed by atoms with Crippen LogP contribution >= 0.6 is 0 Å². The Morgan fingerprint density at radius 2 is 2.32 bits per heavy atom. The van der Waals surface area contributed by atoms with E-state index in [0.29, 0.717) is 18.2 Å². The molecule has 1 aliphatic rings. The third-order valence-corrected chi connectivity index (χ3v) is 4.35. The van der Waals surface area contributed by atoms with E-state index in [2.05, 4.69) is 22.1 Å². The van der Waals surface area contributed by atoms with Crippen molar-refractivity contribution in [3.63, 3.8) is 0 Å². The largest absolute Gasteiger partial charge is 0.380 e. The first kappa shape index (κ1) is 14.9. The molecule has 0 spiro atoms. The number of carbonyl (C=O) groups excluding carboxylic acids is 1. The second-order valence-electron chi connectivity index (χ2n) is 5.89. The molecular formula is C15H21N5O2. The Hall–Kier alpha value is -1.99. The molecule has 3 rings (SSSR count). The second kappa shape index (κ2) is 6.02.